The van der Waals surface area contributed by atoms with Gasteiger partial charge in [0.2, 0.25) is 10.0 Å². The number of nitrogens with one attached hydrogen (secondary N) is 1. The Hall–Kier alpha value is -1.13. The van der Waals surface area contributed by atoms with Gasteiger partial charge < -0.3 is 5.11 Å². The minimum Gasteiger partial charge on any atom is -0.481 e. The highest BCUT2D eigenvalue weighted by Crippen LogP contribution is 2.33. The molecule has 1 aromatic rings. The fraction of sp³-hybridized carbons (Fsp3) is 0.300. The number of aliphatic carboxylic acids is 1. The Kier molecular flexibility index (Phi) is 5.16. The van der Waals surface area contributed by atoms with Crippen molar-refractivity contribution in [2.75, 3.05) is 6.54 Å². The van der Waals surface area contributed by atoms with Gasteiger partial charge in [0.15, 0.2) is 0 Å². The number of alkyl halides is 3. The molecule has 0 saturated carbocycles. The quantitative estimate of drug-likeness (QED) is 0.826. The number of carbonyl (C=O) groups is 1. The summed E-state index contributed by atoms with van der Waals surface area (Å²) in [6.07, 6.45) is -5.15. The summed E-state index contributed by atoms with van der Waals surface area (Å²) >= 11 is 2.85. The summed E-state index contributed by atoms with van der Waals surface area (Å²) in [5.74, 6) is -1.23. The molecule has 0 atom stereocenters. The maximum atomic E-state index is 12.5. The molecule has 0 aromatic heterocycles. The average molecular weight is 376 g/mol. The van der Waals surface area contributed by atoms with Gasteiger partial charge in [0.1, 0.15) is 0 Å². The minimum atomic E-state index is -4.67. The Labute approximate surface area is 121 Å². The number of hydrogen-bond donors (Lipinski definition) is 2. The van der Waals surface area contributed by atoms with Gasteiger partial charge in [0.25, 0.3) is 0 Å². The predicted molar refractivity (Wildman–Crippen MR) is 66.6 cm³/mol. The second-order valence-electron chi connectivity index (χ2n) is 3.68. The van der Waals surface area contributed by atoms with E-state index in [0.717, 1.165) is 12.1 Å². The van der Waals surface area contributed by atoms with E-state index >= 15 is 0 Å². The smallest absolute Gasteiger partial charge is 0.416 e. The maximum Gasteiger partial charge on any atom is 0.416 e. The lowest BCUT2D eigenvalue weighted by atomic mass is 10.2. The second-order valence-corrected chi connectivity index (χ2v) is 6.27. The van der Waals surface area contributed by atoms with Crippen LogP contribution >= 0.6 is 15.9 Å². The highest BCUT2D eigenvalue weighted by Gasteiger charge is 2.32. The summed E-state index contributed by atoms with van der Waals surface area (Å²) in [7, 11) is -4.23. The highest BCUT2D eigenvalue weighted by atomic mass is 79.9. The average Bonchev–Trinajstić information content (AvgIpc) is 2.26. The van der Waals surface area contributed by atoms with Gasteiger partial charge in [-0.1, -0.05) is 0 Å². The molecule has 0 aliphatic rings. The van der Waals surface area contributed by atoms with Crippen LogP contribution < -0.4 is 4.72 Å². The van der Waals surface area contributed by atoms with Crippen molar-refractivity contribution in [3.05, 3.63) is 28.2 Å². The fourth-order valence-electron chi connectivity index (χ4n) is 1.26. The van der Waals surface area contributed by atoms with Crippen LogP contribution in [-0.2, 0) is 21.0 Å². The lowest BCUT2D eigenvalue weighted by Crippen LogP contribution is -2.27. The second kappa shape index (κ2) is 6.10. The Morgan fingerprint density at radius 3 is 2.45 bits per heavy atom. The Morgan fingerprint density at radius 2 is 1.95 bits per heavy atom. The summed E-state index contributed by atoms with van der Waals surface area (Å²) in [5, 5.41) is 8.39. The van der Waals surface area contributed by atoms with Crippen LogP contribution in [-0.4, -0.2) is 26.0 Å². The van der Waals surface area contributed by atoms with Gasteiger partial charge >= 0.3 is 12.1 Å². The van der Waals surface area contributed by atoms with Crippen molar-refractivity contribution >= 4 is 31.9 Å². The third kappa shape index (κ3) is 4.46. The summed E-state index contributed by atoms with van der Waals surface area (Å²) in [5.41, 5.74) is -1.11. The van der Waals surface area contributed by atoms with E-state index < -0.39 is 45.6 Å². The summed E-state index contributed by atoms with van der Waals surface area (Å²) in [4.78, 5) is 9.68. The molecular weight excluding hydrogens is 367 g/mol. The van der Waals surface area contributed by atoms with Crippen molar-refractivity contribution in [1.82, 2.24) is 4.72 Å². The Bertz CT molecular complexity index is 615. The molecule has 0 bridgehead atoms. The fourth-order valence-corrected chi connectivity index (χ4v) is 3.27. The molecule has 5 nitrogen and oxygen atoms in total. The van der Waals surface area contributed by atoms with E-state index in [-0.39, 0.29) is 4.47 Å². The lowest BCUT2D eigenvalue weighted by molar-refractivity contribution is -0.138. The molecule has 0 aliphatic heterocycles. The zero-order valence-corrected chi connectivity index (χ0v) is 12.1. The molecule has 0 spiro atoms. The number of sulfonamides is 1. The van der Waals surface area contributed by atoms with Gasteiger partial charge in [-0.25, -0.2) is 13.1 Å². The molecule has 112 valence electrons. The zero-order chi connectivity index (χ0) is 15.6. The first-order valence-corrected chi connectivity index (χ1v) is 7.40. The highest BCUT2D eigenvalue weighted by molar-refractivity contribution is 9.10. The van der Waals surface area contributed by atoms with Crippen molar-refractivity contribution < 1.29 is 31.5 Å². The SMILES string of the molecule is O=C(O)CCNS(=O)(=O)c1cc(C(F)(F)F)ccc1Br. The molecule has 0 heterocycles. The molecule has 10 heteroatoms. The maximum absolute atomic E-state index is 12.5. The first-order chi connectivity index (χ1) is 9.04. The molecule has 0 saturated heterocycles. The molecule has 0 radical (unpaired) electrons. The van der Waals surface area contributed by atoms with Crippen molar-refractivity contribution in [2.24, 2.45) is 0 Å². The lowest BCUT2D eigenvalue weighted by Gasteiger charge is -2.11. The van der Waals surface area contributed by atoms with E-state index in [1.165, 1.54) is 0 Å². The van der Waals surface area contributed by atoms with Crippen LogP contribution in [0, 0.1) is 0 Å². The monoisotopic (exact) mass is 375 g/mol. The third-order valence-corrected chi connectivity index (χ3v) is 4.63. The van der Waals surface area contributed by atoms with Gasteiger partial charge in [-0.2, -0.15) is 13.2 Å². The van der Waals surface area contributed by atoms with Gasteiger partial charge in [0.05, 0.1) is 16.9 Å². The van der Waals surface area contributed by atoms with Crippen LogP contribution in [0.3, 0.4) is 0 Å². The molecule has 20 heavy (non-hydrogen) atoms. The largest absolute Gasteiger partial charge is 0.481 e. The van der Waals surface area contributed by atoms with Crippen molar-refractivity contribution in [2.45, 2.75) is 17.5 Å². The molecule has 0 aliphatic carbocycles. The molecule has 0 fully saturated rings. The van der Waals surface area contributed by atoms with Crippen molar-refractivity contribution in [3.63, 3.8) is 0 Å². The number of carboxylic acids is 1. The van der Waals surface area contributed by atoms with E-state index in [4.69, 9.17) is 5.11 Å². The Morgan fingerprint density at radius 1 is 1.35 bits per heavy atom. The number of halogens is 4. The predicted octanol–water partition coefficient (Wildman–Crippen LogP) is 2.22. The van der Waals surface area contributed by atoms with Crippen LogP contribution in [0.4, 0.5) is 13.2 Å². The van der Waals surface area contributed by atoms with Crippen LogP contribution in [0.25, 0.3) is 0 Å². The summed E-state index contributed by atoms with van der Waals surface area (Å²) in [6, 6.07) is 2.18. The third-order valence-electron chi connectivity index (χ3n) is 2.18. The molecule has 2 N–H and O–H groups in total. The minimum absolute atomic E-state index is 0.0478. The molecule has 1 aromatic carbocycles. The summed E-state index contributed by atoms with van der Waals surface area (Å²) in [6.45, 7) is -0.416. The molecule has 0 amide bonds. The summed E-state index contributed by atoms with van der Waals surface area (Å²) < 4.78 is 63.1. The van der Waals surface area contributed by atoms with Crippen LogP contribution in [0.15, 0.2) is 27.6 Å². The number of carboxylic acid groups (broad SMARTS) is 1. The molecule has 0 unspecified atom stereocenters. The van der Waals surface area contributed by atoms with Gasteiger partial charge in [-0.3, -0.25) is 4.79 Å². The normalized spacial score (nSPS) is 12.4. The van der Waals surface area contributed by atoms with Gasteiger partial charge in [-0.15, -0.1) is 0 Å². The van der Waals surface area contributed by atoms with Gasteiger partial charge in [0, 0.05) is 11.0 Å². The van der Waals surface area contributed by atoms with Crippen molar-refractivity contribution in [1.29, 1.82) is 0 Å². The Balaban J connectivity index is 3.08. The number of hydrogen-bond acceptors (Lipinski definition) is 3. The van der Waals surface area contributed by atoms with Crippen LogP contribution in [0.2, 0.25) is 0 Å². The first-order valence-electron chi connectivity index (χ1n) is 5.12. The van der Waals surface area contributed by atoms with E-state index in [2.05, 4.69) is 15.9 Å². The van der Waals surface area contributed by atoms with Crippen LogP contribution in [0.5, 0.6) is 0 Å². The van der Waals surface area contributed by atoms with Crippen molar-refractivity contribution in [3.8, 4) is 0 Å². The number of rotatable bonds is 5. The van der Waals surface area contributed by atoms with E-state index in [9.17, 15) is 26.4 Å². The van der Waals surface area contributed by atoms with E-state index in [0.29, 0.717) is 6.07 Å². The number of benzene rings is 1. The topological polar surface area (TPSA) is 83.5 Å². The van der Waals surface area contributed by atoms with E-state index in [1.807, 2.05) is 4.72 Å². The molecular formula is C10H9BrF3NO4S. The van der Waals surface area contributed by atoms with Crippen LogP contribution in [0.1, 0.15) is 12.0 Å². The zero-order valence-electron chi connectivity index (χ0n) is 9.74. The molecule has 1 rings (SSSR count). The van der Waals surface area contributed by atoms with E-state index in [1.54, 1.807) is 0 Å². The first kappa shape index (κ1) is 16.9. The van der Waals surface area contributed by atoms with Gasteiger partial charge in [-0.05, 0) is 34.1 Å². The standard InChI is InChI=1S/C10H9BrF3NO4S/c11-7-2-1-6(10(12,13)14)5-8(7)20(18,19)15-4-3-9(16)17/h1-2,5,15H,3-4H2,(H,16,17).